The van der Waals surface area contributed by atoms with E-state index in [1.807, 2.05) is 6.07 Å². The van der Waals surface area contributed by atoms with E-state index in [0.29, 0.717) is 0 Å². The molecule has 0 aromatic heterocycles. The van der Waals surface area contributed by atoms with Gasteiger partial charge in [0.05, 0.1) is 0 Å². The molecule has 1 saturated heterocycles. The zero-order valence-electron chi connectivity index (χ0n) is 10.9. The third-order valence-corrected chi connectivity index (χ3v) is 4.83. The normalized spacial score (nSPS) is 20.4. The number of piperidine rings is 1. The fraction of sp³-hybridized carbons (Fsp3) is 0.500. The Bertz CT molecular complexity index is 467. The van der Waals surface area contributed by atoms with E-state index in [4.69, 9.17) is 0 Å². The van der Waals surface area contributed by atoms with Crippen LogP contribution in [0.3, 0.4) is 0 Å². The van der Waals surface area contributed by atoms with Gasteiger partial charge in [-0.2, -0.15) is 0 Å². The van der Waals surface area contributed by atoms with Crippen LogP contribution in [-0.2, 0) is 11.3 Å². The SMILES string of the molecule is CSc1cc(Br)ccc1CN1CCCCC1C(=O)O. The van der Waals surface area contributed by atoms with Gasteiger partial charge >= 0.3 is 5.97 Å². The number of thioether (sulfide) groups is 1. The molecule has 1 aliphatic heterocycles. The Hall–Kier alpha value is -0.520. The minimum atomic E-state index is -0.692. The monoisotopic (exact) mass is 343 g/mol. The van der Waals surface area contributed by atoms with Gasteiger partial charge in [-0.1, -0.05) is 28.4 Å². The van der Waals surface area contributed by atoms with Gasteiger partial charge in [0.2, 0.25) is 0 Å². The fourth-order valence-corrected chi connectivity index (χ4v) is 3.68. The van der Waals surface area contributed by atoms with Crippen molar-refractivity contribution >= 4 is 33.7 Å². The Labute approximate surface area is 126 Å². The summed E-state index contributed by atoms with van der Waals surface area (Å²) in [5.74, 6) is -0.692. The maximum atomic E-state index is 11.3. The van der Waals surface area contributed by atoms with Gasteiger partial charge in [-0.15, -0.1) is 11.8 Å². The summed E-state index contributed by atoms with van der Waals surface area (Å²) in [6.45, 7) is 1.60. The molecule has 1 aromatic rings. The van der Waals surface area contributed by atoms with Gasteiger partial charge in [-0.25, -0.2) is 0 Å². The second-order valence-corrected chi connectivity index (χ2v) is 6.54. The summed E-state index contributed by atoms with van der Waals surface area (Å²) in [5, 5.41) is 9.30. The zero-order chi connectivity index (χ0) is 13.8. The molecule has 0 saturated carbocycles. The molecule has 0 bridgehead atoms. The minimum absolute atomic E-state index is 0.327. The zero-order valence-corrected chi connectivity index (χ0v) is 13.3. The predicted molar refractivity (Wildman–Crippen MR) is 81.6 cm³/mol. The predicted octanol–water partition coefficient (Wildman–Crippen LogP) is 3.61. The number of rotatable bonds is 4. The first-order valence-electron chi connectivity index (χ1n) is 6.41. The molecule has 1 aromatic carbocycles. The molecule has 3 nitrogen and oxygen atoms in total. The van der Waals surface area contributed by atoms with Crippen molar-refractivity contribution in [2.45, 2.75) is 36.7 Å². The number of carbonyl (C=O) groups is 1. The van der Waals surface area contributed by atoms with Gasteiger partial charge in [-0.05, 0) is 43.3 Å². The third-order valence-electron chi connectivity index (χ3n) is 3.52. The number of aliphatic carboxylic acids is 1. The quantitative estimate of drug-likeness (QED) is 0.847. The third kappa shape index (κ3) is 3.74. The highest BCUT2D eigenvalue weighted by Gasteiger charge is 2.28. The van der Waals surface area contributed by atoms with Crippen molar-refractivity contribution in [3.63, 3.8) is 0 Å². The summed E-state index contributed by atoms with van der Waals surface area (Å²) in [7, 11) is 0. The summed E-state index contributed by atoms with van der Waals surface area (Å²) in [6.07, 6.45) is 4.93. The van der Waals surface area contributed by atoms with Crippen LogP contribution in [0.5, 0.6) is 0 Å². The average Bonchev–Trinajstić information content (AvgIpc) is 2.41. The van der Waals surface area contributed by atoms with Gasteiger partial charge < -0.3 is 5.11 Å². The Morgan fingerprint density at radius 2 is 2.32 bits per heavy atom. The molecule has 2 rings (SSSR count). The van der Waals surface area contributed by atoms with Crippen molar-refractivity contribution < 1.29 is 9.90 Å². The minimum Gasteiger partial charge on any atom is -0.480 e. The van der Waals surface area contributed by atoms with Crippen LogP contribution >= 0.6 is 27.7 Å². The van der Waals surface area contributed by atoms with E-state index in [9.17, 15) is 9.90 Å². The van der Waals surface area contributed by atoms with Crippen LogP contribution in [0.2, 0.25) is 0 Å². The molecule has 0 radical (unpaired) electrons. The second kappa shape index (κ2) is 6.77. The average molecular weight is 344 g/mol. The Morgan fingerprint density at radius 1 is 1.53 bits per heavy atom. The molecule has 0 aliphatic carbocycles. The maximum absolute atomic E-state index is 11.3. The summed E-state index contributed by atoms with van der Waals surface area (Å²) in [5.41, 5.74) is 1.21. The number of halogens is 1. The van der Waals surface area contributed by atoms with Gasteiger partial charge in [0.25, 0.3) is 0 Å². The molecule has 0 amide bonds. The Kier molecular flexibility index (Phi) is 5.30. The standard InChI is InChI=1S/C14H18BrNO2S/c1-19-13-8-11(15)6-5-10(13)9-16-7-3-2-4-12(16)14(17)18/h5-6,8,12H,2-4,7,9H2,1H3,(H,17,18). The van der Waals surface area contributed by atoms with E-state index < -0.39 is 5.97 Å². The highest BCUT2D eigenvalue weighted by Crippen LogP contribution is 2.28. The van der Waals surface area contributed by atoms with Crippen molar-refractivity contribution in [3.05, 3.63) is 28.2 Å². The molecule has 104 valence electrons. The topological polar surface area (TPSA) is 40.5 Å². The van der Waals surface area contributed by atoms with Gasteiger partial charge in [0.15, 0.2) is 0 Å². The summed E-state index contributed by atoms with van der Waals surface area (Å²) in [4.78, 5) is 14.6. The smallest absolute Gasteiger partial charge is 0.320 e. The summed E-state index contributed by atoms with van der Waals surface area (Å²) >= 11 is 5.18. The Morgan fingerprint density at radius 3 is 3.00 bits per heavy atom. The molecule has 1 atom stereocenters. The van der Waals surface area contributed by atoms with Crippen LogP contribution in [0, 0.1) is 0 Å². The highest BCUT2D eigenvalue weighted by atomic mass is 79.9. The van der Waals surface area contributed by atoms with E-state index in [2.05, 4.69) is 39.2 Å². The van der Waals surface area contributed by atoms with Crippen LogP contribution in [0.15, 0.2) is 27.6 Å². The van der Waals surface area contributed by atoms with E-state index in [-0.39, 0.29) is 6.04 Å². The van der Waals surface area contributed by atoms with Gasteiger partial charge in [0.1, 0.15) is 6.04 Å². The van der Waals surface area contributed by atoms with Crippen LogP contribution in [-0.4, -0.2) is 34.8 Å². The number of likely N-dealkylation sites (tertiary alicyclic amines) is 1. The largest absolute Gasteiger partial charge is 0.480 e. The van der Waals surface area contributed by atoms with Crippen molar-refractivity contribution in [1.29, 1.82) is 0 Å². The van der Waals surface area contributed by atoms with Crippen LogP contribution in [0.25, 0.3) is 0 Å². The summed E-state index contributed by atoms with van der Waals surface area (Å²) in [6, 6.07) is 5.88. The van der Waals surface area contributed by atoms with Crippen LogP contribution in [0.1, 0.15) is 24.8 Å². The van der Waals surface area contributed by atoms with Gasteiger partial charge in [0, 0.05) is 15.9 Å². The first-order valence-corrected chi connectivity index (χ1v) is 8.43. The maximum Gasteiger partial charge on any atom is 0.320 e. The van der Waals surface area contributed by atoms with Crippen LogP contribution in [0.4, 0.5) is 0 Å². The van der Waals surface area contributed by atoms with E-state index >= 15 is 0 Å². The second-order valence-electron chi connectivity index (χ2n) is 4.78. The summed E-state index contributed by atoms with van der Waals surface area (Å²) < 4.78 is 1.06. The number of hydrogen-bond donors (Lipinski definition) is 1. The molecule has 1 heterocycles. The van der Waals surface area contributed by atoms with Crippen LogP contribution < -0.4 is 0 Å². The molecule has 19 heavy (non-hydrogen) atoms. The molecule has 1 N–H and O–H groups in total. The lowest BCUT2D eigenvalue weighted by molar-refractivity contribution is -0.144. The van der Waals surface area contributed by atoms with Crippen molar-refractivity contribution in [1.82, 2.24) is 4.90 Å². The van der Waals surface area contributed by atoms with E-state index in [1.165, 1.54) is 10.5 Å². The molecule has 1 aliphatic rings. The van der Waals surface area contributed by atoms with Crippen molar-refractivity contribution in [3.8, 4) is 0 Å². The molecule has 0 spiro atoms. The highest BCUT2D eigenvalue weighted by molar-refractivity contribution is 9.10. The Balaban J connectivity index is 2.17. The number of hydrogen-bond acceptors (Lipinski definition) is 3. The first-order chi connectivity index (χ1) is 9.11. The number of nitrogens with zero attached hydrogens (tertiary/aromatic N) is 1. The molecule has 5 heteroatoms. The number of carboxylic acid groups (broad SMARTS) is 1. The lowest BCUT2D eigenvalue weighted by atomic mass is 10.0. The lowest BCUT2D eigenvalue weighted by Crippen LogP contribution is -2.44. The molecular formula is C14H18BrNO2S. The van der Waals surface area contributed by atoms with Crippen molar-refractivity contribution in [2.24, 2.45) is 0 Å². The van der Waals surface area contributed by atoms with Gasteiger partial charge in [-0.3, -0.25) is 9.69 Å². The van der Waals surface area contributed by atoms with E-state index in [1.54, 1.807) is 11.8 Å². The van der Waals surface area contributed by atoms with Crippen molar-refractivity contribution in [2.75, 3.05) is 12.8 Å². The number of carboxylic acids is 1. The van der Waals surface area contributed by atoms with E-state index in [0.717, 1.165) is 36.8 Å². The molecule has 1 fully saturated rings. The lowest BCUT2D eigenvalue weighted by Gasteiger charge is -2.33. The molecule has 1 unspecified atom stereocenters. The number of benzene rings is 1. The fourth-order valence-electron chi connectivity index (χ4n) is 2.53. The molecular weight excluding hydrogens is 326 g/mol. The first kappa shape index (κ1) is 14.9.